The van der Waals surface area contributed by atoms with Crippen LogP contribution in [0.4, 0.5) is 4.79 Å². The fourth-order valence-electron chi connectivity index (χ4n) is 2.84. The van der Waals surface area contributed by atoms with E-state index in [1.54, 1.807) is 11.2 Å². The van der Waals surface area contributed by atoms with Gasteiger partial charge in [-0.3, -0.25) is 0 Å². The molecule has 0 bridgehead atoms. The molecule has 0 unspecified atom stereocenters. The van der Waals surface area contributed by atoms with E-state index in [0.29, 0.717) is 6.04 Å². The van der Waals surface area contributed by atoms with Gasteiger partial charge in [0.15, 0.2) is 0 Å². The van der Waals surface area contributed by atoms with Crippen LogP contribution in [-0.2, 0) is 11.3 Å². The molecule has 0 aliphatic heterocycles. The van der Waals surface area contributed by atoms with E-state index in [-0.39, 0.29) is 12.1 Å². The predicted molar refractivity (Wildman–Crippen MR) is 93.3 cm³/mol. The number of ether oxygens (including phenoxy) is 1. The van der Waals surface area contributed by atoms with Gasteiger partial charge in [0.1, 0.15) is 11.4 Å². The normalized spacial score (nSPS) is 22.0. The summed E-state index contributed by atoms with van der Waals surface area (Å²) in [6.45, 7) is 6.41. The Balaban J connectivity index is 1.75. The largest absolute Gasteiger partial charge is 0.467 e. The second-order valence-electron chi connectivity index (χ2n) is 7.17. The van der Waals surface area contributed by atoms with Gasteiger partial charge in [-0.05, 0) is 68.5 Å². The summed E-state index contributed by atoms with van der Waals surface area (Å²) in [7, 11) is 1.84. The van der Waals surface area contributed by atoms with Crippen molar-refractivity contribution in [3.05, 3.63) is 22.6 Å². The minimum absolute atomic E-state index is 0.228. The number of nitrogens with one attached hydrogen (secondary N) is 1. The van der Waals surface area contributed by atoms with Crippen LogP contribution >= 0.6 is 15.9 Å². The van der Waals surface area contributed by atoms with Crippen LogP contribution in [0.2, 0.25) is 0 Å². The highest BCUT2D eigenvalue weighted by molar-refractivity contribution is 9.10. The topological polar surface area (TPSA) is 54.7 Å². The van der Waals surface area contributed by atoms with E-state index in [1.807, 2.05) is 33.9 Å². The van der Waals surface area contributed by atoms with Gasteiger partial charge in [0, 0.05) is 19.1 Å². The highest BCUT2D eigenvalue weighted by Gasteiger charge is 2.29. The van der Waals surface area contributed by atoms with Gasteiger partial charge in [0.25, 0.3) is 0 Å². The van der Waals surface area contributed by atoms with Crippen molar-refractivity contribution in [3.63, 3.8) is 0 Å². The number of carbonyl (C=O) groups excluding carboxylic acids is 1. The van der Waals surface area contributed by atoms with Crippen molar-refractivity contribution in [1.82, 2.24) is 10.2 Å². The molecule has 0 radical (unpaired) electrons. The predicted octanol–water partition coefficient (Wildman–Crippen LogP) is 4.31. The Bertz CT molecular complexity index is 516. The van der Waals surface area contributed by atoms with E-state index >= 15 is 0 Å². The first-order chi connectivity index (χ1) is 10.8. The van der Waals surface area contributed by atoms with E-state index < -0.39 is 5.60 Å². The SMILES string of the molecule is CN(C(=O)OC(C)(C)C)C1CCC(NCc2occc2Br)CC1. The van der Waals surface area contributed by atoms with Gasteiger partial charge in [0.2, 0.25) is 0 Å². The van der Waals surface area contributed by atoms with Gasteiger partial charge >= 0.3 is 6.09 Å². The van der Waals surface area contributed by atoms with Crippen LogP contribution in [0.5, 0.6) is 0 Å². The van der Waals surface area contributed by atoms with Gasteiger partial charge in [0.05, 0.1) is 17.3 Å². The van der Waals surface area contributed by atoms with Crippen molar-refractivity contribution in [2.75, 3.05) is 7.05 Å². The highest BCUT2D eigenvalue weighted by atomic mass is 79.9. The lowest BCUT2D eigenvalue weighted by Gasteiger charge is -2.35. The Hall–Kier alpha value is -1.01. The summed E-state index contributed by atoms with van der Waals surface area (Å²) in [5, 5.41) is 3.53. The Labute approximate surface area is 146 Å². The van der Waals surface area contributed by atoms with E-state index in [4.69, 9.17) is 9.15 Å². The third kappa shape index (κ3) is 5.53. The van der Waals surface area contributed by atoms with Gasteiger partial charge in [-0.1, -0.05) is 0 Å². The number of nitrogens with zero attached hydrogens (tertiary/aromatic N) is 1. The minimum Gasteiger partial charge on any atom is -0.467 e. The number of rotatable bonds is 4. The maximum atomic E-state index is 12.1. The molecule has 1 heterocycles. The summed E-state index contributed by atoms with van der Waals surface area (Å²) in [4.78, 5) is 13.9. The zero-order valence-electron chi connectivity index (χ0n) is 14.4. The molecular formula is C17H27BrN2O3. The third-order valence-corrected chi connectivity index (χ3v) is 4.87. The molecular weight excluding hydrogens is 360 g/mol. The van der Waals surface area contributed by atoms with Crippen molar-refractivity contribution in [2.45, 2.75) is 70.7 Å². The number of hydrogen-bond donors (Lipinski definition) is 1. The minimum atomic E-state index is -0.444. The lowest BCUT2D eigenvalue weighted by molar-refractivity contribution is 0.0179. The molecule has 1 amide bonds. The fourth-order valence-corrected chi connectivity index (χ4v) is 3.18. The van der Waals surface area contributed by atoms with Crippen LogP contribution in [0.3, 0.4) is 0 Å². The standard InChI is InChI=1S/C17H27BrN2O3/c1-17(2,3)23-16(21)20(4)13-7-5-12(6-8-13)19-11-15-14(18)9-10-22-15/h9-10,12-13,19H,5-8,11H2,1-4H3. The molecule has 1 aliphatic carbocycles. The van der Waals surface area contributed by atoms with Crippen LogP contribution in [0.1, 0.15) is 52.2 Å². The van der Waals surface area contributed by atoms with Crippen LogP contribution < -0.4 is 5.32 Å². The van der Waals surface area contributed by atoms with Crippen molar-refractivity contribution in [2.24, 2.45) is 0 Å². The molecule has 6 heteroatoms. The molecule has 23 heavy (non-hydrogen) atoms. The van der Waals surface area contributed by atoms with E-state index in [1.165, 1.54) is 0 Å². The molecule has 1 fully saturated rings. The summed E-state index contributed by atoms with van der Waals surface area (Å²) in [6.07, 6.45) is 5.55. The molecule has 0 aromatic carbocycles. The zero-order chi connectivity index (χ0) is 17.0. The molecule has 1 aromatic rings. The van der Waals surface area contributed by atoms with E-state index in [0.717, 1.165) is 42.5 Å². The Morgan fingerprint density at radius 3 is 2.57 bits per heavy atom. The third-order valence-electron chi connectivity index (χ3n) is 4.17. The summed E-state index contributed by atoms with van der Waals surface area (Å²) >= 11 is 3.47. The lowest BCUT2D eigenvalue weighted by Crippen LogP contribution is -2.44. The number of furan rings is 1. The smallest absolute Gasteiger partial charge is 0.410 e. The Morgan fingerprint density at radius 1 is 1.39 bits per heavy atom. The summed E-state index contributed by atoms with van der Waals surface area (Å²) in [6, 6.07) is 2.64. The molecule has 130 valence electrons. The second-order valence-corrected chi connectivity index (χ2v) is 8.02. The van der Waals surface area contributed by atoms with Crippen LogP contribution in [0.25, 0.3) is 0 Å². The highest BCUT2D eigenvalue weighted by Crippen LogP contribution is 2.25. The van der Waals surface area contributed by atoms with Gasteiger partial charge in [-0.15, -0.1) is 0 Å². The lowest BCUT2D eigenvalue weighted by atomic mass is 9.90. The second kappa shape index (κ2) is 7.71. The summed E-state index contributed by atoms with van der Waals surface area (Å²) < 4.78 is 11.9. The summed E-state index contributed by atoms with van der Waals surface area (Å²) in [5.41, 5.74) is -0.444. The number of hydrogen-bond acceptors (Lipinski definition) is 4. The van der Waals surface area contributed by atoms with Crippen molar-refractivity contribution in [3.8, 4) is 0 Å². The summed E-state index contributed by atoms with van der Waals surface area (Å²) in [5.74, 6) is 0.929. The Morgan fingerprint density at radius 2 is 2.04 bits per heavy atom. The average Bonchev–Trinajstić information content (AvgIpc) is 2.88. The average molecular weight is 387 g/mol. The number of halogens is 1. The molecule has 5 nitrogen and oxygen atoms in total. The molecule has 1 aromatic heterocycles. The molecule has 1 saturated carbocycles. The maximum Gasteiger partial charge on any atom is 0.410 e. The quantitative estimate of drug-likeness (QED) is 0.837. The molecule has 0 spiro atoms. The number of amides is 1. The first-order valence-corrected chi connectivity index (χ1v) is 8.96. The molecule has 1 aliphatic rings. The van der Waals surface area contributed by atoms with Gasteiger partial charge < -0.3 is 19.4 Å². The zero-order valence-corrected chi connectivity index (χ0v) is 16.0. The molecule has 0 atom stereocenters. The first kappa shape index (κ1) is 18.3. The van der Waals surface area contributed by atoms with Crippen molar-refractivity contribution in [1.29, 1.82) is 0 Å². The van der Waals surface area contributed by atoms with Crippen LogP contribution in [0.15, 0.2) is 21.2 Å². The van der Waals surface area contributed by atoms with E-state index in [2.05, 4.69) is 21.2 Å². The maximum absolute atomic E-state index is 12.1. The monoisotopic (exact) mass is 386 g/mol. The van der Waals surface area contributed by atoms with E-state index in [9.17, 15) is 4.79 Å². The van der Waals surface area contributed by atoms with Crippen molar-refractivity contribution >= 4 is 22.0 Å². The van der Waals surface area contributed by atoms with Crippen LogP contribution in [0, 0.1) is 0 Å². The Kier molecular flexibility index (Phi) is 6.14. The van der Waals surface area contributed by atoms with Gasteiger partial charge in [-0.25, -0.2) is 4.79 Å². The van der Waals surface area contributed by atoms with Gasteiger partial charge in [-0.2, -0.15) is 0 Å². The first-order valence-electron chi connectivity index (χ1n) is 8.17. The number of carbonyl (C=O) groups is 1. The van der Waals surface area contributed by atoms with Crippen LogP contribution in [-0.4, -0.2) is 35.7 Å². The molecule has 1 N–H and O–H groups in total. The molecule has 0 saturated heterocycles. The van der Waals surface area contributed by atoms with Crippen molar-refractivity contribution < 1.29 is 13.9 Å². The fraction of sp³-hybridized carbons (Fsp3) is 0.706. The molecule has 2 rings (SSSR count).